The van der Waals surface area contributed by atoms with E-state index in [9.17, 15) is 0 Å². The molecular formula is C15H23NO. The van der Waals surface area contributed by atoms with Gasteiger partial charge in [-0.15, -0.1) is 0 Å². The monoisotopic (exact) mass is 233 g/mol. The summed E-state index contributed by atoms with van der Waals surface area (Å²) in [6, 6.07) is 8.54. The molecule has 0 saturated heterocycles. The van der Waals surface area contributed by atoms with Crippen LogP contribution < -0.4 is 5.73 Å². The van der Waals surface area contributed by atoms with E-state index in [0.717, 1.165) is 25.6 Å². The Kier molecular flexibility index (Phi) is 4.57. The lowest BCUT2D eigenvalue weighted by Crippen LogP contribution is -2.23. The average molecular weight is 233 g/mol. The fourth-order valence-corrected chi connectivity index (χ4v) is 2.05. The van der Waals surface area contributed by atoms with Gasteiger partial charge in [-0.05, 0) is 55.7 Å². The summed E-state index contributed by atoms with van der Waals surface area (Å²) in [6.45, 7) is 4.61. The van der Waals surface area contributed by atoms with Crippen LogP contribution in [0.15, 0.2) is 24.3 Å². The molecule has 0 radical (unpaired) electrons. The van der Waals surface area contributed by atoms with Crippen LogP contribution in [0.5, 0.6) is 0 Å². The van der Waals surface area contributed by atoms with E-state index in [0.29, 0.717) is 12.5 Å². The highest BCUT2D eigenvalue weighted by molar-refractivity contribution is 5.25. The van der Waals surface area contributed by atoms with Gasteiger partial charge < -0.3 is 10.5 Å². The SMILES string of the molecule is Cc1ccccc1CC(CN)COCC1CC1. The van der Waals surface area contributed by atoms with Crippen LogP contribution in [0.3, 0.4) is 0 Å². The molecule has 0 aromatic heterocycles. The van der Waals surface area contributed by atoms with Gasteiger partial charge in [0.25, 0.3) is 0 Å². The normalized spacial score (nSPS) is 17.1. The predicted octanol–water partition coefficient (Wildman–Crippen LogP) is 2.54. The highest BCUT2D eigenvalue weighted by Crippen LogP contribution is 2.29. The van der Waals surface area contributed by atoms with E-state index in [1.165, 1.54) is 24.0 Å². The molecule has 1 aromatic carbocycles. The first kappa shape index (κ1) is 12.6. The fraction of sp³-hybridized carbons (Fsp3) is 0.600. The predicted molar refractivity (Wildman–Crippen MR) is 71.0 cm³/mol. The highest BCUT2D eigenvalue weighted by Gasteiger charge is 2.21. The summed E-state index contributed by atoms with van der Waals surface area (Å²) >= 11 is 0. The maximum Gasteiger partial charge on any atom is 0.0509 e. The minimum absolute atomic E-state index is 0.454. The summed E-state index contributed by atoms with van der Waals surface area (Å²) in [4.78, 5) is 0. The molecule has 0 bridgehead atoms. The second-order valence-corrected chi connectivity index (χ2v) is 5.21. The first-order chi connectivity index (χ1) is 8.29. The molecule has 2 heteroatoms. The number of hydrogen-bond acceptors (Lipinski definition) is 2. The van der Waals surface area contributed by atoms with Crippen molar-refractivity contribution in [2.45, 2.75) is 26.2 Å². The summed E-state index contributed by atoms with van der Waals surface area (Å²) in [5.41, 5.74) is 8.58. The van der Waals surface area contributed by atoms with Crippen LogP contribution in [0.25, 0.3) is 0 Å². The van der Waals surface area contributed by atoms with E-state index < -0.39 is 0 Å². The van der Waals surface area contributed by atoms with Gasteiger partial charge in [-0.25, -0.2) is 0 Å². The summed E-state index contributed by atoms with van der Waals surface area (Å²) in [7, 11) is 0. The largest absolute Gasteiger partial charge is 0.381 e. The van der Waals surface area contributed by atoms with Crippen molar-refractivity contribution in [2.24, 2.45) is 17.6 Å². The standard InChI is InChI=1S/C15H23NO/c1-12-4-2-3-5-15(12)8-14(9-16)11-17-10-13-6-7-13/h2-5,13-14H,6-11,16H2,1H3. The zero-order valence-corrected chi connectivity index (χ0v) is 10.7. The number of rotatable bonds is 7. The second kappa shape index (κ2) is 6.18. The molecule has 1 unspecified atom stereocenters. The zero-order valence-electron chi connectivity index (χ0n) is 10.7. The van der Waals surface area contributed by atoms with E-state index in [2.05, 4.69) is 31.2 Å². The Balaban J connectivity index is 1.79. The third kappa shape index (κ3) is 4.14. The van der Waals surface area contributed by atoms with Gasteiger partial charge in [0, 0.05) is 6.61 Å². The Morgan fingerprint density at radius 2 is 2.12 bits per heavy atom. The zero-order chi connectivity index (χ0) is 12.1. The molecule has 0 aliphatic heterocycles. The van der Waals surface area contributed by atoms with Crippen LogP contribution in [0.2, 0.25) is 0 Å². The number of hydrogen-bond donors (Lipinski definition) is 1. The van der Waals surface area contributed by atoms with Gasteiger partial charge in [-0.1, -0.05) is 24.3 Å². The summed E-state index contributed by atoms with van der Waals surface area (Å²) < 4.78 is 5.74. The van der Waals surface area contributed by atoms with E-state index in [1.54, 1.807) is 0 Å². The lowest BCUT2D eigenvalue weighted by molar-refractivity contribution is 0.0934. The second-order valence-electron chi connectivity index (χ2n) is 5.21. The van der Waals surface area contributed by atoms with Crippen LogP contribution in [-0.2, 0) is 11.2 Å². The molecule has 2 N–H and O–H groups in total. The van der Waals surface area contributed by atoms with Crippen molar-refractivity contribution < 1.29 is 4.74 Å². The van der Waals surface area contributed by atoms with Crippen molar-refractivity contribution >= 4 is 0 Å². The van der Waals surface area contributed by atoms with Gasteiger partial charge >= 0.3 is 0 Å². The minimum atomic E-state index is 0.454. The molecule has 1 aromatic rings. The molecule has 1 aliphatic rings. The van der Waals surface area contributed by atoms with Gasteiger partial charge in [0.15, 0.2) is 0 Å². The lowest BCUT2D eigenvalue weighted by Gasteiger charge is -2.16. The molecule has 94 valence electrons. The molecule has 0 spiro atoms. The number of benzene rings is 1. The average Bonchev–Trinajstić information content (AvgIpc) is 3.14. The summed E-state index contributed by atoms with van der Waals surface area (Å²) in [5, 5.41) is 0. The molecule has 0 heterocycles. The quantitative estimate of drug-likeness (QED) is 0.785. The van der Waals surface area contributed by atoms with Gasteiger partial charge in [0.2, 0.25) is 0 Å². The van der Waals surface area contributed by atoms with E-state index in [-0.39, 0.29) is 0 Å². The molecular weight excluding hydrogens is 210 g/mol. The molecule has 2 rings (SSSR count). The smallest absolute Gasteiger partial charge is 0.0509 e. The number of aryl methyl sites for hydroxylation is 1. The van der Waals surface area contributed by atoms with Crippen molar-refractivity contribution in [1.29, 1.82) is 0 Å². The first-order valence-corrected chi connectivity index (χ1v) is 6.62. The minimum Gasteiger partial charge on any atom is -0.381 e. The summed E-state index contributed by atoms with van der Waals surface area (Å²) in [6.07, 6.45) is 3.74. The lowest BCUT2D eigenvalue weighted by atomic mass is 9.97. The van der Waals surface area contributed by atoms with E-state index in [1.807, 2.05) is 0 Å². The van der Waals surface area contributed by atoms with E-state index in [4.69, 9.17) is 10.5 Å². The van der Waals surface area contributed by atoms with Crippen molar-refractivity contribution in [3.63, 3.8) is 0 Å². The maximum absolute atomic E-state index is 5.82. The molecule has 0 amide bonds. The Hall–Kier alpha value is -0.860. The number of nitrogens with two attached hydrogens (primary N) is 1. The summed E-state index contributed by atoms with van der Waals surface area (Å²) in [5.74, 6) is 1.29. The fourth-order valence-electron chi connectivity index (χ4n) is 2.05. The molecule has 2 nitrogen and oxygen atoms in total. The number of ether oxygens (including phenoxy) is 1. The topological polar surface area (TPSA) is 35.2 Å². The third-order valence-corrected chi connectivity index (χ3v) is 3.51. The first-order valence-electron chi connectivity index (χ1n) is 6.62. The third-order valence-electron chi connectivity index (χ3n) is 3.51. The van der Waals surface area contributed by atoms with Crippen molar-refractivity contribution in [1.82, 2.24) is 0 Å². The Morgan fingerprint density at radius 1 is 1.35 bits per heavy atom. The van der Waals surface area contributed by atoms with Crippen LogP contribution in [0.4, 0.5) is 0 Å². The van der Waals surface area contributed by atoms with Gasteiger partial charge in [-0.3, -0.25) is 0 Å². The van der Waals surface area contributed by atoms with Crippen LogP contribution >= 0.6 is 0 Å². The van der Waals surface area contributed by atoms with E-state index >= 15 is 0 Å². The van der Waals surface area contributed by atoms with Gasteiger partial charge in [-0.2, -0.15) is 0 Å². The van der Waals surface area contributed by atoms with Crippen LogP contribution in [0.1, 0.15) is 24.0 Å². The highest BCUT2D eigenvalue weighted by atomic mass is 16.5. The molecule has 1 aliphatic carbocycles. The molecule has 1 fully saturated rings. The van der Waals surface area contributed by atoms with Crippen LogP contribution in [0, 0.1) is 18.8 Å². The Bertz CT molecular complexity index is 347. The molecule has 1 saturated carbocycles. The Morgan fingerprint density at radius 3 is 2.76 bits per heavy atom. The van der Waals surface area contributed by atoms with Gasteiger partial charge in [0.05, 0.1) is 6.61 Å². The maximum atomic E-state index is 5.82. The molecule has 17 heavy (non-hydrogen) atoms. The van der Waals surface area contributed by atoms with Gasteiger partial charge in [0.1, 0.15) is 0 Å². The van der Waals surface area contributed by atoms with Crippen molar-refractivity contribution in [3.8, 4) is 0 Å². The van der Waals surface area contributed by atoms with Crippen molar-refractivity contribution in [3.05, 3.63) is 35.4 Å². The van der Waals surface area contributed by atoms with Crippen molar-refractivity contribution in [2.75, 3.05) is 19.8 Å². The molecule has 1 atom stereocenters. The van der Waals surface area contributed by atoms with Crippen LogP contribution in [-0.4, -0.2) is 19.8 Å². The Labute approximate surface area is 104 Å².